The predicted molar refractivity (Wildman–Crippen MR) is 85.6 cm³/mol. The molecule has 0 aliphatic heterocycles. The number of ether oxygens (including phenoxy) is 1. The Bertz CT molecular complexity index is 804. The first-order valence-electron chi connectivity index (χ1n) is 6.69. The molecule has 2 aromatic heterocycles. The number of aromatic hydroxyl groups is 1. The van der Waals surface area contributed by atoms with Gasteiger partial charge in [-0.25, -0.2) is 4.98 Å². The third-order valence-corrected chi connectivity index (χ3v) is 3.65. The lowest BCUT2D eigenvalue weighted by Gasteiger charge is -2.07. The summed E-state index contributed by atoms with van der Waals surface area (Å²) >= 11 is 3.42. The molecule has 0 saturated heterocycles. The number of nitrogens with one attached hydrogen (secondary N) is 1. The molecule has 0 atom stereocenters. The van der Waals surface area contributed by atoms with Crippen molar-refractivity contribution in [1.29, 1.82) is 0 Å². The number of aromatic amines is 1. The number of nitrogens with zero attached hydrogens (tertiary/aromatic N) is 3. The summed E-state index contributed by atoms with van der Waals surface area (Å²) in [7, 11) is 0. The third-order valence-electron chi connectivity index (χ3n) is 3.01. The van der Waals surface area contributed by atoms with Crippen LogP contribution in [0.15, 0.2) is 41.0 Å². The number of phenolic OH excluding ortho intramolecular Hbond substituents is 1. The normalized spacial score (nSPS) is 10.6. The van der Waals surface area contributed by atoms with Crippen molar-refractivity contribution >= 4 is 15.9 Å². The fourth-order valence-electron chi connectivity index (χ4n) is 2.02. The molecule has 2 N–H and O–H groups in total. The standard InChI is InChI=1S/C15H13BrN4O2/c1-2-22-11-7-3-5-9(13(11)21)14-18-15(20-19-14)12-10(16)6-4-8-17-12/h3-8,21H,2H2,1H3,(H,18,19,20). The van der Waals surface area contributed by atoms with Crippen LogP contribution in [-0.4, -0.2) is 31.9 Å². The van der Waals surface area contributed by atoms with E-state index >= 15 is 0 Å². The van der Waals surface area contributed by atoms with Gasteiger partial charge in [-0.3, -0.25) is 10.1 Å². The van der Waals surface area contributed by atoms with E-state index in [-0.39, 0.29) is 5.75 Å². The van der Waals surface area contributed by atoms with E-state index in [1.54, 1.807) is 24.4 Å². The first kappa shape index (κ1) is 14.5. The van der Waals surface area contributed by atoms with Crippen LogP contribution in [0.2, 0.25) is 0 Å². The molecule has 0 fully saturated rings. The average molecular weight is 361 g/mol. The van der Waals surface area contributed by atoms with Crippen LogP contribution < -0.4 is 4.74 Å². The van der Waals surface area contributed by atoms with Gasteiger partial charge in [0.2, 0.25) is 5.82 Å². The van der Waals surface area contributed by atoms with Gasteiger partial charge in [-0.05, 0) is 47.1 Å². The minimum atomic E-state index is 0.0344. The van der Waals surface area contributed by atoms with Crippen molar-refractivity contribution in [2.45, 2.75) is 6.92 Å². The highest BCUT2D eigenvalue weighted by molar-refractivity contribution is 9.10. The second-order valence-electron chi connectivity index (χ2n) is 4.43. The lowest BCUT2D eigenvalue weighted by Crippen LogP contribution is -1.93. The van der Waals surface area contributed by atoms with Gasteiger partial charge in [0.25, 0.3) is 0 Å². The molecule has 22 heavy (non-hydrogen) atoms. The van der Waals surface area contributed by atoms with Crippen molar-refractivity contribution in [2.75, 3.05) is 6.61 Å². The van der Waals surface area contributed by atoms with Crippen molar-refractivity contribution < 1.29 is 9.84 Å². The highest BCUT2D eigenvalue weighted by Gasteiger charge is 2.16. The molecular formula is C15H13BrN4O2. The van der Waals surface area contributed by atoms with Crippen LogP contribution in [0.4, 0.5) is 0 Å². The number of H-pyrrole nitrogens is 1. The number of phenols is 1. The lowest BCUT2D eigenvalue weighted by molar-refractivity contribution is 0.318. The first-order valence-corrected chi connectivity index (χ1v) is 7.48. The second kappa shape index (κ2) is 6.15. The Morgan fingerprint density at radius 3 is 2.91 bits per heavy atom. The van der Waals surface area contributed by atoms with Crippen LogP contribution in [0.3, 0.4) is 0 Å². The van der Waals surface area contributed by atoms with Crippen molar-refractivity contribution in [3.05, 3.63) is 41.0 Å². The molecule has 6 nitrogen and oxygen atoms in total. The van der Waals surface area contributed by atoms with Gasteiger partial charge in [0.15, 0.2) is 17.3 Å². The van der Waals surface area contributed by atoms with Crippen LogP contribution in [0.25, 0.3) is 22.9 Å². The molecule has 0 aliphatic rings. The molecule has 0 aliphatic carbocycles. The van der Waals surface area contributed by atoms with Crippen molar-refractivity contribution in [3.8, 4) is 34.4 Å². The summed E-state index contributed by atoms with van der Waals surface area (Å²) in [6.07, 6.45) is 1.67. The predicted octanol–water partition coefficient (Wildman–Crippen LogP) is 3.40. The Morgan fingerprint density at radius 2 is 2.14 bits per heavy atom. The van der Waals surface area contributed by atoms with Crippen LogP contribution in [-0.2, 0) is 0 Å². The van der Waals surface area contributed by atoms with E-state index in [1.165, 1.54) is 0 Å². The number of hydrogen-bond donors (Lipinski definition) is 2. The summed E-state index contributed by atoms with van der Waals surface area (Å²) in [4.78, 5) is 8.64. The summed E-state index contributed by atoms with van der Waals surface area (Å²) in [5, 5.41) is 17.3. The number of pyridine rings is 1. The summed E-state index contributed by atoms with van der Waals surface area (Å²) in [6.45, 7) is 2.33. The Hall–Kier alpha value is -2.41. The van der Waals surface area contributed by atoms with E-state index in [2.05, 4.69) is 36.1 Å². The Labute approximate surface area is 135 Å². The highest BCUT2D eigenvalue weighted by atomic mass is 79.9. The van der Waals surface area contributed by atoms with Gasteiger partial charge in [0.1, 0.15) is 5.69 Å². The first-order chi connectivity index (χ1) is 10.7. The number of aromatic nitrogens is 4. The van der Waals surface area contributed by atoms with Gasteiger partial charge < -0.3 is 9.84 Å². The Balaban J connectivity index is 2.01. The van der Waals surface area contributed by atoms with Crippen LogP contribution in [0.5, 0.6) is 11.5 Å². The lowest BCUT2D eigenvalue weighted by atomic mass is 10.2. The van der Waals surface area contributed by atoms with E-state index in [9.17, 15) is 5.11 Å². The van der Waals surface area contributed by atoms with E-state index in [0.29, 0.717) is 35.3 Å². The molecule has 7 heteroatoms. The molecule has 0 spiro atoms. The summed E-state index contributed by atoms with van der Waals surface area (Å²) < 4.78 is 6.18. The molecule has 0 bridgehead atoms. The minimum Gasteiger partial charge on any atom is -0.504 e. The van der Waals surface area contributed by atoms with Gasteiger partial charge in [-0.1, -0.05) is 6.07 Å². The van der Waals surface area contributed by atoms with Crippen LogP contribution in [0, 0.1) is 0 Å². The summed E-state index contributed by atoms with van der Waals surface area (Å²) in [6, 6.07) is 8.92. The van der Waals surface area contributed by atoms with E-state index in [0.717, 1.165) is 4.47 Å². The molecule has 2 heterocycles. The molecule has 3 rings (SSSR count). The number of benzene rings is 1. The topological polar surface area (TPSA) is 83.9 Å². The zero-order valence-electron chi connectivity index (χ0n) is 11.7. The van der Waals surface area contributed by atoms with E-state index in [4.69, 9.17) is 4.74 Å². The monoisotopic (exact) mass is 360 g/mol. The van der Waals surface area contributed by atoms with Crippen LogP contribution >= 0.6 is 15.9 Å². The maximum Gasteiger partial charge on any atom is 0.201 e. The molecule has 0 saturated carbocycles. The number of halogens is 1. The molecule has 112 valence electrons. The van der Waals surface area contributed by atoms with E-state index < -0.39 is 0 Å². The second-order valence-corrected chi connectivity index (χ2v) is 5.28. The van der Waals surface area contributed by atoms with Gasteiger partial charge >= 0.3 is 0 Å². The molecule has 0 unspecified atom stereocenters. The number of hydrogen-bond acceptors (Lipinski definition) is 5. The molecule has 3 aromatic rings. The average Bonchev–Trinajstić information content (AvgIpc) is 2.99. The Morgan fingerprint density at radius 1 is 1.27 bits per heavy atom. The van der Waals surface area contributed by atoms with Gasteiger partial charge in [0.05, 0.1) is 12.2 Å². The van der Waals surface area contributed by atoms with Crippen molar-refractivity contribution in [2.24, 2.45) is 0 Å². The van der Waals surface area contributed by atoms with Gasteiger partial charge in [-0.2, -0.15) is 5.10 Å². The van der Waals surface area contributed by atoms with Crippen LogP contribution in [0.1, 0.15) is 6.92 Å². The van der Waals surface area contributed by atoms with Gasteiger partial charge in [0, 0.05) is 10.7 Å². The minimum absolute atomic E-state index is 0.0344. The van der Waals surface area contributed by atoms with Crippen molar-refractivity contribution in [1.82, 2.24) is 20.2 Å². The molecule has 0 radical (unpaired) electrons. The van der Waals surface area contributed by atoms with E-state index in [1.807, 2.05) is 19.1 Å². The summed E-state index contributed by atoms with van der Waals surface area (Å²) in [5.41, 5.74) is 1.15. The fraction of sp³-hybridized carbons (Fsp3) is 0.133. The zero-order chi connectivity index (χ0) is 15.5. The molecular weight excluding hydrogens is 348 g/mol. The largest absolute Gasteiger partial charge is 0.504 e. The molecule has 1 aromatic carbocycles. The number of rotatable bonds is 4. The number of para-hydroxylation sites is 1. The quantitative estimate of drug-likeness (QED) is 0.744. The SMILES string of the molecule is CCOc1cccc(-c2nc(-c3ncccc3Br)n[nH]2)c1O. The smallest absolute Gasteiger partial charge is 0.201 e. The van der Waals surface area contributed by atoms with Gasteiger partial charge in [-0.15, -0.1) is 0 Å². The maximum atomic E-state index is 10.3. The summed E-state index contributed by atoms with van der Waals surface area (Å²) in [5.74, 6) is 1.35. The Kier molecular flexibility index (Phi) is 4.06. The fourth-order valence-corrected chi connectivity index (χ4v) is 2.46. The highest BCUT2D eigenvalue weighted by Crippen LogP contribution is 2.36. The molecule has 0 amide bonds. The zero-order valence-corrected chi connectivity index (χ0v) is 13.3. The third kappa shape index (κ3) is 2.67. The van der Waals surface area contributed by atoms with Crippen molar-refractivity contribution in [3.63, 3.8) is 0 Å². The maximum absolute atomic E-state index is 10.3.